The van der Waals surface area contributed by atoms with Crippen molar-refractivity contribution in [3.8, 4) is 0 Å². The van der Waals surface area contributed by atoms with E-state index in [1.165, 1.54) is 11.3 Å². The van der Waals surface area contributed by atoms with Gasteiger partial charge < -0.3 is 14.7 Å². The zero-order chi connectivity index (χ0) is 13.8. The van der Waals surface area contributed by atoms with E-state index in [9.17, 15) is 0 Å². The Morgan fingerprint density at radius 2 is 1.95 bits per heavy atom. The SMILES string of the molecule is Cc1noc(CNC(C)c2ccc(N(C)C)cc2)n1. The highest BCUT2D eigenvalue weighted by atomic mass is 16.5. The van der Waals surface area contributed by atoms with Crippen molar-refractivity contribution in [1.29, 1.82) is 0 Å². The van der Waals surface area contributed by atoms with Crippen molar-refractivity contribution >= 4 is 5.69 Å². The summed E-state index contributed by atoms with van der Waals surface area (Å²) in [5, 5.41) is 7.13. The molecule has 0 aliphatic carbocycles. The maximum atomic E-state index is 5.07. The minimum atomic E-state index is 0.239. The second kappa shape index (κ2) is 5.84. The summed E-state index contributed by atoms with van der Waals surface area (Å²) < 4.78 is 5.07. The number of nitrogens with one attached hydrogen (secondary N) is 1. The molecule has 2 aromatic rings. The number of benzene rings is 1. The lowest BCUT2D eigenvalue weighted by Gasteiger charge is -2.16. The van der Waals surface area contributed by atoms with Crippen LogP contribution >= 0.6 is 0 Å². The molecule has 19 heavy (non-hydrogen) atoms. The second-order valence-electron chi connectivity index (χ2n) is 4.82. The van der Waals surface area contributed by atoms with Gasteiger partial charge in [0.2, 0.25) is 5.89 Å². The molecule has 0 spiro atoms. The van der Waals surface area contributed by atoms with Gasteiger partial charge in [0.1, 0.15) is 0 Å². The first kappa shape index (κ1) is 13.5. The van der Waals surface area contributed by atoms with Crippen LogP contribution in [0.4, 0.5) is 5.69 Å². The predicted molar refractivity (Wildman–Crippen MR) is 75.1 cm³/mol. The first-order valence-electron chi connectivity index (χ1n) is 6.36. The van der Waals surface area contributed by atoms with E-state index in [-0.39, 0.29) is 6.04 Å². The van der Waals surface area contributed by atoms with E-state index >= 15 is 0 Å². The summed E-state index contributed by atoms with van der Waals surface area (Å²) in [5.74, 6) is 1.29. The number of hydrogen-bond acceptors (Lipinski definition) is 5. The molecule has 0 aliphatic heterocycles. The van der Waals surface area contributed by atoms with E-state index in [0.29, 0.717) is 18.3 Å². The fraction of sp³-hybridized carbons (Fsp3) is 0.429. The monoisotopic (exact) mass is 260 g/mol. The molecule has 0 bridgehead atoms. The van der Waals surface area contributed by atoms with Gasteiger partial charge >= 0.3 is 0 Å². The summed E-state index contributed by atoms with van der Waals surface area (Å²) in [5.41, 5.74) is 2.44. The van der Waals surface area contributed by atoms with E-state index in [2.05, 4.69) is 51.5 Å². The number of rotatable bonds is 5. The van der Waals surface area contributed by atoms with Crippen LogP contribution < -0.4 is 10.2 Å². The molecular weight excluding hydrogens is 240 g/mol. The van der Waals surface area contributed by atoms with Gasteiger partial charge in [0, 0.05) is 25.8 Å². The summed E-state index contributed by atoms with van der Waals surface area (Å²) in [7, 11) is 4.07. The van der Waals surface area contributed by atoms with Crippen LogP contribution in [-0.4, -0.2) is 24.2 Å². The van der Waals surface area contributed by atoms with Crippen molar-refractivity contribution in [2.75, 3.05) is 19.0 Å². The summed E-state index contributed by atoms with van der Waals surface area (Å²) in [6.45, 7) is 4.52. The lowest BCUT2D eigenvalue weighted by molar-refractivity contribution is 0.357. The zero-order valence-electron chi connectivity index (χ0n) is 11.8. The van der Waals surface area contributed by atoms with Gasteiger partial charge in [-0.05, 0) is 31.5 Å². The molecule has 0 saturated heterocycles. The molecule has 2 rings (SSSR count). The quantitative estimate of drug-likeness (QED) is 0.894. The van der Waals surface area contributed by atoms with Crippen LogP contribution in [0, 0.1) is 6.92 Å². The van der Waals surface area contributed by atoms with Gasteiger partial charge in [0.25, 0.3) is 0 Å². The molecule has 0 radical (unpaired) electrons. The highest BCUT2D eigenvalue weighted by molar-refractivity contribution is 5.46. The first-order chi connectivity index (χ1) is 9.06. The highest BCUT2D eigenvalue weighted by Crippen LogP contribution is 2.17. The Hall–Kier alpha value is -1.88. The number of nitrogens with zero attached hydrogens (tertiary/aromatic N) is 3. The van der Waals surface area contributed by atoms with E-state index in [0.717, 1.165) is 0 Å². The van der Waals surface area contributed by atoms with Crippen molar-refractivity contribution in [3.05, 3.63) is 41.5 Å². The smallest absolute Gasteiger partial charge is 0.240 e. The normalized spacial score (nSPS) is 12.4. The minimum absolute atomic E-state index is 0.239. The Labute approximate surface area is 113 Å². The number of hydrogen-bond donors (Lipinski definition) is 1. The standard InChI is InChI=1S/C14H20N4O/c1-10(15-9-14-16-11(2)17-19-14)12-5-7-13(8-6-12)18(3)4/h5-8,10,15H,9H2,1-4H3. The molecule has 102 valence electrons. The summed E-state index contributed by atoms with van der Waals surface area (Å²) >= 11 is 0. The van der Waals surface area contributed by atoms with Gasteiger partial charge in [-0.2, -0.15) is 4.98 Å². The average molecular weight is 260 g/mol. The Kier molecular flexibility index (Phi) is 4.16. The van der Waals surface area contributed by atoms with Gasteiger partial charge in [-0.15, -0.1) is 0 Å². The van der Waals surface area contributed by atoms with Crippen LogP contribution in [0.5, 0.6) is 0 Å². The summed E-state index contributed by atoms with van der Waals surface area (Å²) in [6, 6.07) is 8.73. The van der Waals surface area contributed by atoms with E-state index in [1.54, 1.807) is 0 Å². The predicted octanol–water partition coefficient (Wildman–Crippen LogP) is 2.29. The molecule has 0 amide bonds. The van der Waals surface area contributed by atoms with Crippen LogP contribution in [0.2, 0.25) is 0 Å². The van der Waals surface area contributed by atoms with Crippen molar-refractivity contribution in [1.82, 2.24) is 15.5 Å². The molecule has 0 saturated carbocycles. The third-order valence-corrected chi connectivity index (χ3v) is 3.04. The van der Waals surface area contributed by atoms with E-state index in [1.807, 2.05) is 21.0 Å². The van der Waals surface area contributed by atoms with Crippen LogP contribution in [0.15, 0.2) is 28.8 Å². The molecule has 5 nitrogen and oxygen atoms in total. The van der Waals surface area contributed by atoms with Gasteiger partial charge in [0.15, 0.2) is 5.82 Å². The largest absolute Gasteiger partial charge is 0.378 e. The maximum Gasteiger partial charge on any atom is 0.240 e. The lowest BCUT2D eigenvalue weighted by atomic mass is 10.1. The van der Waals surface area contributed by atoms with Gasteiger partial charge in [0.05, 0.1) is 6.54 Å². The van der Waals surface area contributed by atoms with Gasteiger partial charge in [-0.25, -0.2) is 0 Å². The second-order valence-corrected chi connectivity index (χ2v) is 4.82. The fourth-order valence-corrected chi connectivity index (χ4v) is 1.83. The van der Waals surface area contributed by atoms with Crippen LogP contribution in [0.25, 0.3) is 0 Å². The molecule has 1 atom stereocenters. The van der Waals surface area contributed by atoms with Crippen molar-refractivity contribution in [3.63, 3.8) is 0 Å². The third kappa shape index (κ3) is 3.54. The van der Waals surface area contributed by atoms with Crippen LogP contribution in [0.1, 0.15) is 30.2 Å². The molecule has 0 fully saturated rings. The highest BCUT2D eigenvalue weighted by Gasteiger charge is 2.08. The summed E-state index contributed by atoms with van der Waals surface area (Å²) in [4.78, 5) is 6.25. The average Bonchev–Trinajstić information content (AvgIpc) is 2.82. The molecule has 1 aromatic heterocycles. The number of anilines is 1. The lowest BCUT2D eigenvalue weighted by Crippen LogP contribution is -2.18. The zero-order valence-corrected chi connectivity index (χ0v) is 11.8. The Bertz CT molecular complexity index is 518. The third-order valence-electron chi connectivity index (χ3n) is 3.04. The minimum Gasteiger partial charge on any atom is -0.378 e. The fourth-order valence-electron chi connectivity index (χ4n) is 1.83. The molecule has 1 heterocycles. The molecule has 1 N–H and O–H groups in total. The Morgan fingerprint density at radius 1 is 1.26 bits per heavy atom. The first-order valence-corrected chi connectivity index (χ1v) is 6.36. The van der Waals surface area contributed by atoms with Crippen molar-refractivity contribution in [2.24, 2.45) is 0 Å². The van der Waals surface area contributed by atoms with E-state index < -0.39 is 0 Å². The van der Waals surface area contributed by atoms with Crippen molar-refractivity contribution < 1.29 is 4.52 Å². The summed E-state index contributed by atoms with van der Waals surface area (Å²) in [6.07, 6.45) is 0. The van der Waals surface area contributed by atoms with E-state index in [4.69, 9.17) is 4.52 Å². The molecule has 5 heteroatoms. The molecule has 1 aromatic carbocycles. The number of aryl methyl sites for hydroxylation is 1. The van der Waals surface area contributed by atoms with Gasteiger partial charge in [-0.3, -0.25) is 0 Å². The van der Waals surface area contributed by atoms with Crippen LogP contribution in [-0.2, 0) is 6.54 Å². The van der Waals surface area contributed by atoms with Crippen LogP contribution in [0.3, 0.4) is 0 Å². The topological polar surface area (TPSA) is 54.2 Å². The maximum absolute atomic E-state index is 5.07. The van der Waals surface area contributed by atoms with Crippen molar-refractivity contribution in [2.45, 2.75) is 26.4 Å². The molecule has 1 unspecified atom stereocenters. The molecular formula is C14H20N4O. The Balaban J connectivity index is 1.94. The number of aromatic nitrogens is 2. The Morgan fingerprint density at radius 3 is 2.47 bits per heavy atom. The molecule has 0 aliphatic rings. The van der Waals surface area contributed by atoms with Gasteiger partial charge in [-0.1, -0.05) is 17.3 Å².